The van der Waals surface area contributed by atoms with E-state index < -0.39 is 0 Å². The molecule has 2 aromatic heterocycles. The SMILES string of the molecule is Cc1ccsc1C(c1ccccn1)N1CCNCC1. The zero-order valence-electron chi connectivity index (χ0n) is 11.2. The summed E-state index contributed by atoms with van der Waals surface area (Å²) in [6.45, 7) is 6.49. The fourth-order valence-electron chi connectivity index (χ4n) is 2.63. The van der Waals surface area contributed by atoms with E-state index in [1.807, 2.05) is 23.6 Å². The number of aromatic nitrogens is 1. The van der Waals surface area contributed by atoms with E-state index in [1.165, 1.54) is 10.4 Å². The minimum absolute atomic E-state index is 0.309. The lowest BCUT2D eigenvalue weighted by atomic mass is 10.1. The third-order valence-corrected chi connectivity index (χ3v) is 4.71. The number of pyridine rings is 1. The van der Waals surface area contributed by atoms with Crippen LogP contribution in [0.2, 0.25) is 0 Å². The first-order valence-electron chi connectivity index (χ1n) is 6.76. The van der Waals surface area contributed by atoms with Crippen LogP contribution in [0.4, 0.5) is 0 Å². The van der Waals surface area contributed by atoms with Crippen molar-refractivity contribution in [1.82, 2.24) is 15.2 Å². The first kappa shape index (κ1) is 12.8. The Morgan fingerprint density at radius 1 is 1.26 bits per heavy atom. The molecule has 1 aliphatic rings. The molecule has 0 spiro atoms. The van der Waals surface area contributed by atoms with Crippen LogP contribution in [0, 0.1) is 6.92 Å². The normalized spacial score (nSPS) is 18.4. The first-order chi connectivity index (χ1) is 9.36. The summed E-state index contributed by atoms with van der Waals surface area (Å²) < 4.78 is 0. The Balaban J connectivity index is 1.98. The number of hydrogen-bond acceptors (Lipinski definition) is 4. The van der Waals surface area contributed by atoms with E-state index >= 15 is 0 Å². The Kier molecular flexibility index (Phi) is 3.92. The van der Waals surface area contributed by atoms with E-state index in [9.17, 15) is 0 Å². The molecule has 3 nitrogen and oxygen atoms in total. The van der Waals surface area contributed by atoms with Gasteiger partial charge in [-0.2, -0.15) is 0 Å². The van der Waals surface area contributed by atoms with Crippen LogP contribution in [-0.2, 0) is 0 Å². The van der Waals surface area contributed by atoms with Crippen LogP contribution in [0.25, 0.3) is 0 Å². The van der Waals surface area contributed by atoms with Crippen LogP contribution in [0.3, 0.4) is 0 Å². The van der Waals surface area contributed by atoms with Crippen LogP contribution >= 0.6 is 11.3 Å². The summed E-state index contributed by atoms with van der Waals surface area (Å²) >= 11 is 1.84. The molecule has 2 aromatic rings. The van der Waals surface area contributed by atoms with Crippen molar-refractivity contribution in [1.29, 1.82) is 0 Å². The van der Waals surface area contributed by atoms with Crippen molar-refractivity contribution in [3.05, 3.63) is 52.0 Å². The van der Waals surface area contributed by atoms with Crippen molar-refractivity contribution >= 4 is 11.3 Å². The molecule has 1 unspecified atom stereocenters. The molecule has 0 bridgehead atoms. The van der Waals surface area contributed by atoms with Gasteiger partial charge < -0.3 is 5.32 Å². The molecule has 0 saturated carbocycles. The Labute approximate surface area is 118 Å². The molecule has 0 aromatic carbocycles. The van der Waals surface area contributed by atoms with Crippen LogP contribution in [0.5, 0.6) is 0 Å². The summed E-state index contributed by atoms with van der Waals surface area (Å²) in [5.74, 6) is 0. The number of hydrogen-bond donors (Lipinski definition) is 1. The molecule has 3 heterocycles. The third kappa shape index (κ3) is 2.71. The zero-order valence-corrected chi connectivity index (χ0v) is 12.0. The highest BCUT2D eigenvalue weighted by Crippen LogP contribution is 2.33. The molecule has 4 heteroatoms. The number of piperazine rings is 1. The van der Waals surface area contributed by atoms with Crippen molar-refractivity contribution in [2.75, 3.05) is 26.2 Å². The Morgan fingerprint density at radius 3 is 2.74 bits per heavy atom. The van der Waals surface area contributed by atoms with Crippen LogP contribution in [-0.4, -0.2) is 36.1 Å². The van der Waals surface area contributed by atoms with Gasteiger partial charge in [0.2, 0.25) is 0 Å². The van der Waals surface area contributed by atoms with E-state index in [0.29, 0.717) is 6.04 Å². The molecule has 0 aliphatic carbocycles. The highest BCUT2D eigenvalue weighted by Gasteiger charge is 2.26. The quantitative estimate of drug-likeness (QED) is 0.931. The molecule has 1 atom stereocenters. The lowest BCUT2D eigenvalue weighted by molar-refractivity contribution is 0.197. The fraction of sp³-hybridized carbons (Fsp3) is 0.400. The van der Waals surface area contributed by atoms with Crippen molar-refractivity contribution in [2.45, 2.75) is 13.0 Å². The molecule has 3 rings (SSSR count). The maximum absolute atomic E-state index is 4.60. The molecule has 1 fully saturated rings. The minimum Gasteiger partial charge on any atom is -0.314 e. The lowest BCUT2D eigenvalue weighted by Crippen LogP contribution is -2.45. The highest BCUT2D eigenvalue weighted by molar-refractivity contribution is 7.10. The van der Waals surface area contributed by atoms with Crippen LogP contribution in [0.1, 0.15) is 22.2 Å². The Morgan fingerprint density at radius 2 is 2.11 bits per heavy atom. The minimum atomic E-state index is 0.309. The average Bonchev–Trinajstić information content (AvgIpc) is 2.88. The van der Waals surface area contributed by atoms with Crippen molar-refractivity contribution in [2.24, 2.45) is 0 Å². The van der Waals surface area contributed by atoms with Crippen LogP contribution < -0.4 is 5.32 Å². The number of nitrogens with one attached hydrogen (secondary N) is 1. The van der Waals surface area contributed by atoms with E-state index in [0.717, 1.165) is 31.9 Å². The van der Waals surface area contributed by atoms with Crippen molar-refractivity contribution < 1.29 is 0 Å². The molecule has 100 valence electrons. The van der Waals surface area contributed by atoms with Gasteiger partial charge in [0, 0.05) is 37.3 Å². The predicted octanol–water partition coefficient (Wildman–Crippen LogP) is 2.45. The summed E-state index contributed by atoms with van der Waals surface area (Å²) in [4.78, 5) is 8.57. The van der Waals surface area contributed by atoms with E-state index in [1.54, 1.807) is 0 Å². The van der Waals surface area contributed by atoms with Gasteiger partial charge in [0.15, 0.2) is 0 Å². The fourth-order valence-corrected chi connectivity index (χ4v) is 3.70. The second-order valence-corrected chi connectivity index (χ2v) is 5.86. The molecule has 1 N–H and O–H groups in total. The monoisotopic (exact) mass is 273 g/mol. The summed E-state index contributed by atoms with van der Waals surface area (Å²) in [5.41, 5.74) is 2.54. The van der Waals surface area contributed by atoms with E-state index in [4.69, 9.17) is 0 Å². The summed E-state index contributed by atoms with van der Waals surface area (Å²) in [6, 6.07) is 8.73. The van der Waals surface area contributed by atoms with E-state index in [2.05, 4.69) is 45.7 Å². The smallest absolute Gasteiger partial charge is 0.0873 e. The summed E-state index contributed by atoms with van der Waals surface area (Å²) in [5, 5.41) is 5.61. The second kappa shape index (κ2) is 5.82. The van der Waals surface area contributed by atoms with Gasteiger partial charge in [-0.15, -0.1) is 11.3 Å². The maximum Gasteiger partial charge on any atom is 0.0873 e. The van der Waals surface area contributed by atoms with Gasteiger partial charge in [0.05, 0.1) is 11.7 Å². The lowest BCUT2D eigenvalue weighted by Gasteiger charge is -2.34. The van der Waals surface area contributed by atoms with Gasteiger partial charge in [-0.3, -0.25) is 9.88 Å². The number of rotatable bonds is 3. The third-order valence-electron chi connectivity index (χ3n) is 3.63. The predicted molar refractivity (Wildman–Crippen MR) is 79.6 cm³/mol. The Bertz CT molecular complexity index is 517. The molecule has 0 radical (unpaired) electrons. The van der Waals surface area contributed by atoms with Gasteiger partial charge in [0.1, 0.15) is 0 Å². The molecule has 0 amide bonds. The second-order valence-electron chi connectivity index (χ2n) is 4.91. The first-order valence-corrected chi connectivity index (χ1v) is 7.64. The van der Waals surface area contributed by atoms with Crippen molar-refractivity contribution in [3.8, 4) is 0 Å². The molecule has 19 heavy (non-hydrogen) atoms. The molecule has 1 saturated heterocycles. The maximum atomic E-state index is 4.60. The molecule has 1 aliphatic heterocycles. The summed E-state index contributed by atoms with van der Waals surface area (Å²) in [6.07, 6.45) is 1.90. The summed E-state index contributed by atoms with van der Waals surface area (Å²) in [7, 11) is 0. The number of aryl methyl sites for hydroxylation is 1. The standard InChI is InChI=1S/C15H19N3S/c1-12-5-11-19-15(12)14(13-4-2-3-6-17-13)18-9-7-16-8-10-18/h2-6,11,14,16H,7-10H2,1H3. The number of nitrogens with zero attached hydrogens (tertiary/aromatic N) is 2. The van der Waals surface area contributed by atoms with Gasteiger partial charge in [0.25, 0.3) is 0 Å². The molecular weight excluding hydrogens is 254 g/mol. The zero-order chi connectivity index (χ0) is 13.1. The highest BCUT2D eigenvalue weighted by atomic mass is 32.1. The molecular formula is C15H19N3S. The van der Waals surface area contributed by atoms with E-state index in [-0.39, 0.29) is 0 Å². The van der Waals surface area contributed by atoms with Gasteiger partial charge in [-0.05, 0) is 36.1 Å². The number of thiophene rings is 1. The van der Waals surface area contributed by atoms with Crippen molar-refractivity contribution in [3.63, 3.8) is 0 Å². The average molecular weight is 273 g/mol. The van der Waals surface area contributed by atoms with Gasteiger partial charge in [-0.25, -0.2) is 0 Å². The topological polar surface area (TPSA) is 28.2 Å². The van der Waals surface area contributed by atoms with Gasteiger partial charge >= 0.3 is 0 Å². The largest absolute Gasteiger partial charge is 0.314 e. The van der Waals surface area contributed by atoms with Crippen LogP contribution in [0.15, 0.2) is 35.8 Å². The Hall–Kier alpha value is -1.23. The van der Waals surface area contributed by atoms with Gasteiger partial charge in [-0.1, -0.05) is 6.07 Å².